The molecule has 1 aliphatic heterocycles. The van der Waals surface area contributed by atoms with Gasteiger partial charge in [0.1, 0.15) is 0 Å². The molecule has 0 aliphatic carbocycles. The second-order valence-corrected chi connectivity index (χ2v) is 5.66. The second kappa shape index (κ2) is 7.66. The lowest BCUT2D eigenvalue weighted by Gasteiger charge is -2.18. The Labute approximate surface area is 133 Å². The van der Waals surface area contributed by atoms with Crippen LogP contribution in [-0.2, 0) is 11.3 Å². The fraction of sp³-hybridized carbons (Fsp3) is 0.533. The third-order valence-corrected chi connectivity index (χ3v) is 4.04. The van der Waals surface area contributed by atoms with Gasteiger partial charge in [-0.05, 0) is 47.5 Å². The molecule has 0 atom stereocenters. The average molecular weight is 357 g/mol. The summed E-state index contributed by atoms with van der Waals surface area (Å²) in [6.07, 6.45) is 0.521. The molecule has 1 amide bonds. The Kier molecular flexibility index (Phi) is 5.87. The van der Waals surface area contributed by atoms with Crippen molar-refractivity contribution in [3.8, 4) is 11.5 Å². The van der Waals surface area contributed by atoms with Gasteiger partial charge in [0.15, 0.2) is 11.5 Å². The smallest absolute Gasteiger partial charge is 0.231 e. The van der Waals surface area contributed by atoms with Crippen LogP contribution in [-0.4, -0.2) is 37.2 Å². The van der Waals surface area contributed by atoms with E-state index in [0.717, 1.165) is 34.6 Å². The van der Waals surface area contributed by atoms with Crippen molar-refractivity contribution in [1.29, 1.82) is 0 Å². The highest BCUT2D eigenvalue weighted by Crippen LogP contribution is 2.39. The summed E-state index contributed by atoms with van der Waals surface area (Å²) in [6.45, 7) is 7.16. The van der Waals surface area contributed by atoms with E-state index in [1.54, 1.807) is 0 Å². The number of nitrogens with zero attached hydrogens (tertiary/aromatic N) is 1. The van der Waals surface area contributed by atoms with E-state index in [9.17, 15) is 4.79 Å². The molecule has 0 saturated carbocycles. The number of halogens is 1. The van der Waals surface area contributed by atoms with Gasteiger partial charge >= 0.3 is 0 Å². The van der Waals surface area contributed by atoms with E-state index in [0.29, 0.717) is 19.5 Å². The van der Waals surface area contributed by atoms with Crippen molar-refractivity contribution in [2.24, 2.45) is 0 Å². The number of ether oxygens (including phenoxy) is 2. The Bertz CT molecular complexity index is 504. The molecule has 0 fully saturated rings. The van der Waals surface area contributed by atoms with Crippen LogP contribution < -0.4 is 14.8 Å². The maximum atomic E-state index is 11.9. The number of rotatable bonds is 7. The van der Waals surface area contributed by atoms with Gasteiger partial charge in [-0.1, -0.05) is 0 Å². The molecule has 0 saturated heterocycles. The zero-order chi connectivity index (χ0) is 15.2. The first kappa shape index (κ1) is 16.1. The second-order valence-electron chi connectivity index (χ2n) is 4.80. The summed E-state index contributed by atoms with van der Waals surface area (Å²) in [5, 5.41) is 3.29. The van der Waals surface area contributed by atoms with Crippen LogP contribution in [0.3, 0.4) is 0 Å². The maximum Gasteiger partial charge on any atom is 0.231 e. The summed E-state index contributed by atoms with van der Waals surface area (Å²) in [5.74, 6) is 1.72. The van der Waals surface area contributed by atoms with Crippen LogP contribution in [0.4, 0.5) is 0 Å². The quantitative estimate of drug-likeness (QED) is 0.762. The fourth-order valence-corrected chi connectivity index (χ4v) is 2.89. The summed E-state index contributed by atoms with van der Waals surface area (Å²) in [5.41, 5.74) is 1.10. The van der Waals surface area contributed by atoms with E-state index in [-0.39, 0.29) is 12.7 Å². The summed E-state index contributed by atoms with van der Waals surface area (Å²) >= 11 is 3.47. The summed E-state index contributed by atoms with van der Waals surface area (Å²) in [7, 11) is 0. The first-order valence-corrected chi connectivity index (χ1v) is 8.01. The van der Waals surface area contributed by atoms with Gasteiger partial charge in [-0.2, -0.15) is 0 Å². The minimum absolute atomic E-state index is 0.194. The fourth-order valence-electron chi connectivity index (χ4n) is 2.29. The summed E-state index contributed by atoms with van der Waals surface area (Å²) in [4.78, 5) is 13.7. The largest absolute Gasteiger partial charge is 0.454 e. The lowest BCUT2D eigenvalue weighted by atomic mass is 10.2. The first-order valence-electron chi connectivity index (χ1n) is 7.22. The molecule has 0 unspecified atom stereocenters. The lowest BCUT2D eigenvalue weighted by molar-refractivity contribution is -0.130. The van der Waals surface area contributed by atoms with Crippen LogP contribution >= 0.6 is 15.9 Å². The van der Waals surface area contributed by atoms with Crippen LogP contribution in [0.1, 0.15) is 25.8 Å². The highest BCUT2D eigenvalue weighted by molar-refractivity contribution is 9.10. The molecule has 1 N–H and O–H groups in total. The minimum atomic E-state index is 0.194. The normalized spacial score (nSPS) is 12.5. The van der Waals surface area contributed by atoms with E-state index >= 15 is 0 Å². The molecule has 21 heavy (non-hydrogen) atoms. The molecular weight excluding hydrogens is 336 g/mol. The molecule has 0 aromatic heterocycles. The van der Waals surface area contributed by atoms with Gasteiger partial charge in [-0.25, -0.2) is 0 Å². The monoisotopic (exact) mass is 356 g/mol. The molecule has 1 aromatic carbocycles. The van der Waals surface area contributed by atoms with E-state index in [4.69, 9.17) is 9.47 Å². The predicted molar refractivity (Wildman–Crippen MR) is 84.5 cm³/mol. The van der Waals surface area contributed by atoms with Crippen molar-refractivity contribution in [3.63, 3.8) is 0 Å². The molecule has 5 nitrogen and oxygen atoms in total. The highest BCUT2D eigenvalue weighted by atomic mass is 79.9. The zero-order valence-electron chi connectivity index (χ0n) is 12.4. The van der Waals surface area contributed by atoms with Crippen molar-refractivity contribution < 1.29 is 14.3 Å². The topological polar surface area (TPSA) is 50.8 Å². The third-order valence-electron chi connectivity index (χ3n) is 3.45. The number of hydrogen-bond donors (Lipinski definition) is 1. The van der Waals surface area contributed by atoms with Gasteiger partial charge in [0, 0.05) is 32.6 Å². The maximum absolute atomic E-state index is 11.9. The van der Waals surface area contributed by atoms with Gasteiger partial charge in [0.05, 0.1) is 4.47 Å². The molecule has 1 aromatic rings. The average Bonchev–Trinajstić information content (AvgIpc) is 2.94. The Morgan fingerprint density at radius 2 is 2.10 bits per heavy atom. The van der Waals surface area contributed by atoms with E-state index in [1.807, 2.05) is 30.9 Å². The predicted octanol–water partition coefficient (Wildman–Crippen LogP) is 2.53. The molecule has 0 spiro atoms. The van der Waals surface area contributed by atoms with Gasteiger partial charge in [0.2, 0.25) is 12.7 Å². The molecular formula is C15H21BrN2O3. The number of benzene rings is 1. The Morgan fingerprint density at radius 3 is 2.81 bits per heavy atom. The first-order chi connectivity index (χ1) is 10.2. The van der Waals surface area contributed by atoms with Gasteiger partial charge in [0.25, 0.3) is 0 Å². The van der Waals surface area contributed by atoms with Crippen molar-refractivity contribution in [1.82, 2.24) is 10.2 Å². The highest BCUT2D eigenvalue weighted by Gasteiger charge is 2.17. The van der Waals surface area contributed by atoms with Crippen molar-refractivity contribution in [3.05, 3.63) is 22.2 Å². The lowest BCUT2D eigenvalue weighted by Crippen LogP contribution is -2.32. The van der Waals surface area contributed by atoms with Gasteiger partial charge < -0.3 is 19.7 Å². The third kappa shape index (κ3) is 4.11. The molecule has 116 valence electrons. The SMILES string of the molecule is CCN(CC)C(=O)CCNCc1cc(Br)c2c(c1)OCO2. The van der Waals surface area contributed by atoms with Crippen molar-refractivity contribution in [2.45, 2.75) is 26.8 Å². The van der Waals surface area contributed by atoms with Crippen LogP contribution in [0.15, 0.2) is 16.6 Å². The number of fused-ring (bicyclic) bond motifs is 1. The molecule has 1 aliphatic rings. The molecule has 1 heterocycles. The van der Waals surface area contributed by atoms with Crippen molar-refractivity contribution in [2.75, 3.05) is 26.4 Å². The van der Waals surface area contributed by atoms with E-state index in [2.05, 4.69) is 21.2 Å². The summed E-state index contributed by atoms with van der Waals surface area (Å²) in [6, 6.07) is 3.97. The number of nitrogens with one attached hydrogen (secondary N) is 1. The van der Waals surface area contributed by atoms with E-state index < -0.39 is 0 Å². The molecule has 6 heteroatoms. The molecule has 2 rings (SSSR count). The van der Waals surface area contributed by atoms with Crippen LogP contribution in [0.25, 0.3) is 0 Å². The number of carbonyl (C=O) groups excluding carboxylic acids is 1. The van der Waals surface area contributed by atoms with Crippen LogP contribution in [0.5, 0.6) is 11.5 Å². The Morgan fingerprint density at radius 1 is 1.33 bits per heavy atom. The standard InChI is InChI=1S/C15H21BrN2O3/c1-3-18(4-2)14(19)5-6-17-9-11-7-12(16)15-13(8-11)20-10-21-15/h7-8,17H,3-6,9-10H2,1-2H3. The van der Waals surface area contributed by atoms with Gasteiger partial charge in [-0.3, -0.25) is 4.79 Å². The van der Waals surface area contributed by atoms with Crippen LogP contribution in [0.2, 0.25) is 0 Å². The van der Waals surface area contributed by atoms with Crippen LogP contribution in [0, 0.1) is 0 Å². The Balaban J connectivity index is 1.79. The van der Waals surface area contributed by atoms with Gasteiger partial charge in [-0.15, -0.1) is 0 Å². The van der Waals surface area contributed by atoms with E-state index in [1.165, 1.54) is 0 Å². The summed E-state index contributed by atoms with van der Waals surface area (Å²) < 4.78 is 11.6. The number of carbonyl (C=O) groups is 1. The molecule has 0 radical (unpaired) electrons. The number of amides is 1. The van der Waals surface area contributed by atoms with Crippen molar-refractivity contribution >= 4 is 21.8 Å². The minimum Gasteiger partial charge on any atom is -0.454 e. The zero-order valence-corrected chi connectivity index (χ0v) is 14.0. The Hall–Kier alpha value is -1.27. The molecule has 0 bridgehead atoms. The number of hydrogen-bond acceptors (Lipinski definition) is 4.